The third-order valence-corrected chi connectivity index (χ3v) is 3.93. The van der Waals surface area contributed by atoms with Gasteiger partial charge < -0.3 is 10.6 Å². The second-order valence-corrected chi connectivity index (χ2v) is 5.48. The van der Waals surface area contributed by atoms with E-state index in [0.717, 1.165) is 30.9 Å². The molecule has 4 nitrogen and oxygen atoms in total. The van der Waals surface area contributed by atoms with Crippen LogP contribution in [0.3, 0.4) is 0 Å². The van der Waals surface area contributed by atoms with E-state index in [0.29, 0.717) is 19.0 Å². The molecule has 0 unspecified atom stereocenters. The van der Waals surface area contributed by atoms with Crippen LogP contribution in [0.2, 0.25) is 0 Å². The van der Waals surface area contributed by atoms with Crippen LogP contribution in [-0.4, -0.2) is 40.8 Å². The van der Waals surface area contributed by atoms with Crippen LogP contribution in [-0.2, 0) is 15.6 Å². The fourth-order valence-corrected chi connectivity index (χ4v) is 2.97. The fraction of sp³-hybridized carbons (Fsp3) is 0.900. The predicted octanol–water partition coefficient (Wildman–Crippen LogP) is 0.0133. The van der Waals surface area contributed by atoms with Crippen molar-refractivity contribution in [3.8, 4) is 0 Å². The summed E-state index contributed by atoms with van der Waals surface area (Å²) in [5, 5.41) is 6.10. The highest BCUT2D eigenvalue weighted by atomic mass is 32.2. The zero-order valence-corrected chi connectivity index (χ0v) is 10.1. The number of rotatable bonds is 5. The molecule has 0 radical (unpaired) electrons. The van der Waals surface area contributed by atoms with E-state index in [2.05, 4.69) is 10.6 Å². The molecule has 1 heterocycles. The molecule has 5 heteroatoms. The summed E-state index contributed by atoms with van der Waals surface area (Å²) >= 11 is 0. The van der Waals surface area contributed by atoms with Crippen LogP contribution in [0.4, 0.5) is 0 Å². The molecular formula is C10H20N2O2S. The van der Waals surface area contributed by atoms with Gasteiger partial charge in [0.25, 0.3) is 0 Å². The predicted molar refractivity (Wildman–Crippen MR) is 62.2 cm³/mol. The molecule has 0 aromatic carbocycles. The number of carbonyl (C=O) groups is 1. The number of hydrogen-bond donors (Lipinski definition) is 2. The molecule has 88 valence electrons. The van der Waals surface area contributed by atoms with Gasteiger partial charge in [0.2, 0.25) is 5.91 Å². The van der Waals surface area contributed by atoms with Crippen molar-refractivity contribution < 1.29 is 9.00 Å². The number of hydrogen-bond acceptors (Lipinski definition) is 3. The monoisotopic (exact) mass is 232 g/mol. The highest BCUT2D eigenvalue weighted by molar-refractivity contribution is 7.85. The van der Waals surface area contributed by atoms with Gasteiger partial charge in [-0.3, -0.25) is 9.00 Å². The molecule has 2 N–H and O–H groups in total. The van der Waals surface area contributed by atoms with E-state index in [-0.39, 0.29) is 5.91 Å². The third-order valence-electron chi connectivity index (χ3n) is 2.55. The maximum atomic E-state index is 11.1. The second-order valence-electron chi connectivity index (χ2n) is 3.78. The van der Waals surface area contributed by atoms with Gasteiger partial charge in [-0.05, 0) is 19.8 Å². The molecule has 1 aliphatic heterocycles. The summed E-state index contributed by atoms with van der Waals surface area (Å²) in [7, 11) is -0.598. The molecular weight excluding hydrogens is 212 g/mol. The van der Waals surface area contributed by atoms with Crippen molar-refractivity contribution in [2.75, 3.05) is 24.6 Å². The smallest absolute Gasteiger partial charge is 0.221 e. The summed E-state index contributed by atoms with van der Waals surface area (Å²) in [4.78, 5) is 11.1. The van der Waals surface area contributed by atoms with Crippen LogP contribution in [0, 0.1) is 0 Å². The molecule has 1 rings (SSSR count). The molecule has 0 atom stereocenters. The average Bonchev–Trinajstić information content (AvgIpc) is 2.21. The Morgan fingerprint density at radius 1 is 1.40 bits per heavy atom. The third kappa shape index (κ3) is 5.28. The SMILES string of the molecule is CCNC(=O)CCNC1CCS(=O)CC1. The van der Waals surface area contributed by atoms with Gasteiger partial charge in [0.1, 0.15) is 0 Å². The van der Waals surface area contributed by atoms with E-state index in [4.69, 9.17) is 0 Å². The van der Waals surface area contributed by atoms with Gasteiger partial charge in [-0.25, -0.2) is 0 Å². The van der Waals surface area contributed by atoms with Crippen molar-refractivity contribution in [1.29, 1.82) is 0 Å². The van der Waals surface area contributed by atoms with Crippen LogP contribution in [0.15, 0.2) is 0 Å². The highest BCUT2D eigenvalue weighted by Crippen LogP contribution is 2.08. The van der Waals surface area contributed by atoms with Crippen molar-refractivity contribution in [2.45, 2.75) is 32.2 Å². The summed E-state index contributed by atoms with van der Waals surface area (Å²) in [5.41, 5.74) is 0. The Bertz CT molecular complexity index is 223. The number of nitrogens with one attached hydrogen (secondary N) is 2. The number of carbonyl (C=O) groups excluding carboxylic acids is 1. The molecule has 0 aromatic rings. The molecule has 1 aliphatic rings. The quantitative estimate of drug-likeness (QED) is 0.702. The Labute approximate surface area is 93.7 Å². The normalized spacial score (nSPS) is 26.2. The van der Waals surface area contributed by atoms with Gasteiger partial charge in [-0.15, -0.1) is 0 Å². The lowest BCUT2D eigenvalue weighted by Gasteiger charge is -2.22. The summed E-state index contributed by atoms with van der Waals surface area (Å²) < 4.78 is 11.1. The van der Waals surface area contributed by atoms with E-state index in [1.807, 2.05) is 6.92 Å². The average molecular weight is 232 g/mol. The largest absolute Gasteiger partial charge is 0.356 e. The van der Waals surface area contributed by atoms with Gasteiger partial charge in [-0.1, -0.05) is 0 Å². The Morgan fingerprint density at radius 3 is 2.67 bits per heavy atom. The molecule has 1 saturated heterocycles. The topological polar surface area (TPSA) is 58.2 Å². The van der Waals surface area contributed by atoms with E-state index in [1.54, 1.807) is 0 Å². The van der Waals surface area contributed by atoms with Gasteiger partial charge in [0.15, 0.2) is 0 Å². The van der Waals surface area contributed by atoms with Gasteiger partial charge in [0, 0.05) is 47.9 Å². The lowest BCUT2D eigenvalue weighted by atomic mass is 10.1. The van der Waals surface area contributed by atoms with Crippen LogP contribution >= 0.6 is 0 Å². The van der Waals surface area contributed by atoms with Crippen LogP contribution in [0.5, 0.6) is 0 Å². The fourth-order valence-electron chi connectivity index (χ4n) is 1.67. The van der Waals surface area contributed by atoms with Crippen molar-refractivity contribution in [1.82, 2.24) is 10.6 Å². The molecule has 0 spiro atoms. The highest BCUT2D eigenvalue weighted by Gasteiger charge is 2.16. The first kappa shape index (κ1) is 12.6. The second kappa shape index (κ2) is 6.95. The lowest BCUT2D eigenvalue weighted by molar-refractivity contribution is -0.120. The molecule has 0 bridgehead atoms. The van der Waals surface area contributed by atoms with Gasteiger partial charge in [-0.2, -0.15) is 0 Å². The van der Waals surface area contributed by atoms with Crippen molar-refractivity contribution >= 4 is 16.7 Å². The minimum absolute atomic E-state index is 0.101. The number of amides is 1. The summed E-state index contributed by atoms with van der Waals surface area (Å²) in [6, 6.07) is 0.456. The molecule has 0 aliphatic carbocycles. The van der Waals surface area contributed by atoms with Crippen molar-refractivity contribution in [2.24, 2.45) is 0 Å². The van der Waals surface area contributed by atoms with E-state index < -0.39 is 10.8 Å². The van der Waals surface area contributed by atoms with Crippen LogP contribution in [0.25, 0.3) is 0 Å². The van der Waals surface area contributed by atoms with Gasteiger partial charge in [0.05, 0.1) is 0 Å². The zero-order valence-electron chi connectivity index (χ0n) is 9.25. The maximum Gasteiger partial charge on any atom is 0.221 e. The Kier molecular flexibility index (Phi) is 5.86. The Morgan fingerprint density at radius 2 is 2.07 bits per heavy atom. The van der Waals surface area contributed by atoms with E-state index >= 15 is 0 Å². The first-order valence-corrected chi connectivity index (χ1v) is 7.06. The Hall–Kier alpha value is -0.420. The first-order chi connectivity index (χ1) is 7.22. The Balaban J connectivity index is 2.05. The molecule has 1 amide bonds. The molecule has 0 aromatic heterocycles. The van der Waals surface area contributed by atoms with E-state index in [9.17, 15) is 9.00 Å². The summed E-state index contributed by atoms with van der Waals surface area (Å²) in [6.07, 6.45) is 2.48. The minimum atomic E-state index is -0.598. The van der Waals surface area contributed by atoms with E-state index in [1.165, 1.54) is 0 Å². The van der Waals surface area contributed by atoms with Crippen molar-refractivity contribution in [3.63, 3.8) is 0 Å². The maximum absolute atomic E-state index is 11.1. The standard InChI is InChI=1S/C10H20N2O2S/c1-2-11-10(13)3-6-12-9-4-7-15(14)8-5-9/h9,12H,2-8H2,1H3,(H,11,13). The first-order valence-electron chi connectivity index (χ1n) is 5.57. The van der Waals surface area contributed by atoms with Crippen molar-refractivity contribution in [3.05, 3.63) is 0 Å². The molecule has 0 saturated carbocycles. The molecule has 1 fully saturated rings. The van der Waals surface area contributed by atoms with Gasteiger partial charge >= 0.3 is 0 Å². The zero-order chi connectivity index (χ0) is 11.1. The summed E-state index contributed by atoms with van der Waals surface area (Å²) in [5.74, 6) is 1.71. The molecule has 15 heavy (non-hydrogen) atoms. The minimum Gasteiger partial charge on any atom is -0.356 e. The lowest BCUT2D eigenvalue weighted by Crippen LogP contribution is -2.37. The summed E-state index contributed by atoms with van der Waals surface area (Å²) in [6.45, 7) is 3.34. The van der Waals surface area contributed by atoms with Crippen LogP contribution < -0.4 is 10.6 Å². The van der Waals surface area contributed by atoms with Crippen LogP contribution in [0.1, 0.15) is 26.2 Å².